The van der Waals surface area contributed by atoms with Crippen molar-refractivity contribution in [1.29, 1.82) is 0 Å². The van der Waals surface area contributed by atoms with Crippen LogP contribution in [0.1, 0.15) is 38.1 Å². The lowest BCUT2D eigenvalue weighted by Gasteiger charge is -2.38. The molecule has 2 aliphatic heterocycles. The lowest BCUT2D eigenvalue weighted by Crippen LogP contribution is -2.46. The van der Waals surface area contributed by atoms with Crippen molar-refractivity contribution in [2.75, 3.05) is 26.7 Å². The fourth-order valence-electron chi connectivity index (χ4n) is 4.22. The van der Waals surface area contributed by atoms with Gasteiger partial charge in [-0.2, -0.15) is 4.98 Å². The predicted molar refractivity (Wildman–Crippen MR) is 102 cm³/mol. The van der Waals surface area contributed by atoms with Crippen LogP contribution in [-0.2, 0) is 4.79 Å². The first-order valence-corrected chi connectivity index (χ1v) is 9.72. The van der Waals surface area contributed by atoms with Gasteiger partial charge in [-0.3, -0.25) is 9.69 Å². The summed E-state index contributed by atoms with van der Waals surface area (Å²) in [7, 11) is 1.63. The standard InChI is InChI=1S/C20H26N4O4/c1-13(25)23-9-7-15(8-10-23)24-12-16(26)11-18(24)20-21-19(22-28-20)14-3-5-17(27-2)6-4-14/h3-6,15-16,18,26H,7-12H2,1-2H3/t16-,18+/m1/s1. The molecule has 1 amide bonds. The van der Waals surface area contributed by atoms with E-state index in [0.29, 0.717) is 30.7 Å². The van der Waals surface area contributed by atoms with E-state index in [0.717, 1.165) is 37.2 Å². The second-order valence-electron chi connectivity index (χ2n) is 7.52. The van der Waals surface area contributed by atoms with Crippen molar-refractivity contribution in [3.8, 4) is 17.1 Å². The van der Waals surface area contributed by atoms with Gasteiger partial charge in [0.25, 0.3) is 0 Å². The highest BCUT2D eigenvalue weighted by Crippen LogP contribution is 2.36. The molecule has 150 valence electrons. The maximum Gasteiger partial charge on any atom is 0.244 e. The molecule has 0 aliphatic carbocycles. The number of benzene rings is 1. The number of aliphatic hydroxyl groups excluding tert-OH is 1. The second kappa shape index (κ2) is 7.89. The molecule has 8 nitrogen and oxygen atoms in total. The van der Waals surface area contributed by atoms with E-state index in [-0.39, 0.29) is 11.9 Å². The van der Waals surface area contributed by atoms with E-state index in [2.05, 4.69) is 15.0 Å². The lowest BCUT2D eigenvalue weighted by atomic mass is 10.0. The van der Waals surface area contributed by atoms with Crippen LogP contribution in [0, 0.1) is 0 Å². The third-order valence-corrected chi connectivity index (χ3v) is 5.77. The number of rotatable bonds is 4. The van der Waals surface area contributed by atoms with Crippen LogP contribution in [0.2, 0.25) is 0 Å². The zero-order valence-corrected chi connectivity index (χ0v) is 16.2. The van der Waals surface area contributed by atoms with Crippen LogP contribution in [0.3, 0.4) is 0 Å². The van der Waals surface area contributed by atoms with Crippen LogP contribution < -0.4 is 4.74 Å². The molecule has 1 aromatic heterocycles. The first-order valence-electron chi connectivity index (χ1n) is 9.72. The Labute approximate surface area is 164 Å². The summed E-state index contributed by atoms with van der Waals surface area (Å²) in [6.45, 7) is 3.71. The monoisotopic (exact) mass is 386 g/mol. The van der Waals surface area contributed by atoms with Gasteiger partial charge in [0.2, 0.25) is 17.6 Å². The molecule has 2 aromatic rings. The van der Waals surface area contributed by atoms with Crippen molar-refractivity contribution in [1.82, 2.24) is 19.9 Å². The molecule has 4 rings (SSSR count). The molecule has 1 N–H and O–H groups in total. The Morgan fingerprint density at radius 3 is 2.61 bits per heavy atom. The number of hydrogen-bond donors (Lipinski definition) is 1. The van der Waals surface area contributed by atoms with Gasteiger partial charge in [-0.25, -0.2) is 0 Å². The van der Waals surface area contributed by atoms with Crippen molar-refractivity contribution in [2.24, 2.45) is 0 Å². The summed E-state index contributed by atoms with van der Waals surface area (Å²) in [5.41, 5.74) is 0.857. The Balaban J connectivity index is 1.49. The summed E-state index contributed by atoms with van der Waals surface area (Å²) >= 11 is 0. The quantitative estimate of drug-likeness (QED) is 0.857. The molecule has 2 fully saturated rings. The van der Waals surface area contributed by atoms with Crippen molar-refractivity contribution >= 4 is 5.91 Å². The Morgan fingerprint density at radius 2 is 1.96 bits per heavy atom. The van der Waals surface area contributed by atoms with Gasteiger partial charge in [0.05, 0.1) is 19.3 Å². The van der Waals surface area contributed by atoms with Gasteiger partial charge in [0.15, 0.2) is 0 Å². The number of β-amino-alcohol motifs (C(OH)–C–C–N with tert-alkyl or cyclic N) is 1. The largest absolute Gasteiger partial charge is 0.497 e. The molecule has 0 bridgehead atoms. The molecule has 0 radical (unpaired) electrons. The molecule has 2 aliphatic rings. The third-order valence-electron chi connectivity index (χ3n) is 5.77. The summed E-state index contributed by atoms with van der Waals surface area (Å²) < 4.78 is 10.8. The van der Waals surface area contributed by atoms with Crippen LogP contribution in [0.15, 0.2) is 28.8 Å². The molecule has 0 spiro atoms. The number of methoxy groups -OCH3 is 1. The Bertz CT molecular complexity index is 814. The fourth-order valence-corrected chi connectivity index (χ4v) is 4.22. The topological polar surface area (TPSA) is 91.9 Å². The molecule has 1 aromatic carbocycles. The van der Waals surface area contributed by atoms with E-state index in [1.165, 1.54) is 0 Å². The summed E-state index contributed by atoms with van der Waals surface area (Å²) in [6.07, 6.45) is 1.95. The van der Waals surface area contributed by atoms with Gasteiger partial charge < -0.3 is 19.3 Å². The molecule has 8 heteroatoms. The smallest absolute Gasteiger partial charge is 0.244 e. The Kier molecular flexibility index (Phi) is 5.32. The van der Waals surface area contributed by atoms with Crippen molar-refractivity contribution < 1.29 is 19.2 Å². The number of hydrogen-bond acceptors (Lipinski definition) is 7. The number of nitrogens with zero attached hydrogens (tertiary/aromatic N) is 4. The maximum absolute atomic E-state index is 11.6. The van der Waals surface area contributed by atoms with E-state index in [9.17, 15) is 9.90 Å². The second-order valence-corrected chi connectivity index (χ2v) is 7.52. The number of carbonyl (C=O) groups is 1. The van der Waals surface area contributed by atoms with E-state index in [1.807, 2.05) is 29.2 Å². The average molecular weight is 386 g/mol. The van der Waals surface area contributed by atoms with Crippen molar-refractivity contribution in [2.45, 2.75) is 44.4 Å². The number of aliphatic hydroxyl groups is 1. The normalized spacial score (nSPS) is 23.9. The minimum Gasteiger partial charge on any atom is -0.497 e. The van der Waals surface area contributed by atoms with E-state index in [1.54, 1.807) is 14.0 Å². The first-order chi connectivity index (χ1) is 13.5. The van der Waals surface area contributed by atoms with Gasteiger partial charge in [0.1, 0.15) is 5.75 Å². The number of ether oxygens (including phenoxy) is 1. The van der Waals surface area contributed by atoms with Crippen molar-refractivity contribution in [3.05, 3.63) is 30.2 Å². The summed E-state index contributed by atoms with van der Waals surface area (Å²) in [5.74, 6) is 1.97. The van der Waals surface area contributed by atoms with Gasteiger partial charge in [-0.15, -0.1) is 0 Å². The number of aromatic nitrogens is 2. The van der Waals surface area contributed by atoms with Crippen LogP contribution in [0.25, 0.3) is 11.4 Å². The molecule has 0 unspecified atom stereocenters. The molecular formula is C20H26N4O4. The van der Waals surface area contributed by atoms with Gasteiger partial charge in [0, 0.05) is 38.2 Å². The lowest BCUT2D eigenvalue weighted by molar-refractivity contribution is -0.130. The number of amides is 1. The summed E-state index contributed by atoms with van der Waals surface area (Å²) in [6, 6.07) is 7.72. The molecule has 28 heavy (non-hydrogen) atoms. The van der Waals surface area contributed by atoms with Gasteiger partial charge in [-0.05, 0) is 43.5 Å². The Hall–Kier alpha value is -2.45. The minimum absolute atomic E-state index is 0.0941. The highest BCUT2D eigenvalue weighted by atomic mass is 16.5. The van der Waals surface area contributed by atoms with E-state index in [4.69, 9.17) is 9.26 Å². The highest BCUT2D eigenvalue weighted by Gasteiger charge is 2.40. The summed E-state index contributed by atoms with van der Waals surface area (Å²) in [4.78, 5) is 20.3. The predicted octanol–water partition coefficient (Wildman–Crippen LogP) is 1.86. The SMILES string of the molecule is COc1ccc(-c2noc([C@@H]3C[C@@H](O)CN3C3CCN(C(C)=O)CC3)n2)cc1. The molecule has 2 saturated heterocycles. The molecular weight excluding hydrogens is 360 g/mol. The van der Waals surface area contributed by atoms with E-state index < -0.39 is 6.10 Å². The van der Waals surface area contributed by atoms with Crippen LogP contribution in [0.5, 0.6) is 5.75 Å². The van der Waals surface area contributed by atoms with Crippen molar-refractivity contribution in [3.63, 3.8) is 0 Å². The zero-order valence-electron chi connectivity index (χ0n) is 16.2. The number of piperidine rings is 1. The van der Waals surface area contributed by atoms with E-state index >= 15 is 0 Å². The highest BCUT2D eigenvalue weighted by molar-refractivity contribution is 5.73. The van der Waals surface area contributed by atoms with Crippen LogP contribution >= 0.6 is 0 Å². The molecule has 2 atom stereocenters. The Morgan fingerprint density at radius 1 is 1.25 bits per heavy atom. The van der Waals surface area contributed by atoms with Crippen LogP contribution in [0.4, 0.5) is 0 Å². The van der Waals surface area contributed by atoms with Crippen LogP contribution in [-0.4, -0.2) is 69.8 Å². The summed E-state index contributed by atoms with van der Waals surface area (Å²) in [5, 5.41) is 14.4. The number of carbonyl (C=O) groups excluding carboxylic acids is 1. The molecule has 3 heterocycles. The number of likely N-dealkylation sites (tertiary alicyclic amines) is 2. The van der Waals surface area contributed by atoms with Gasteiger partial charge >= 0.3 is 0 Å². The maximum atomic E-state index is 11.6. The third kappa shape index (κ3) is 3.74. The average Bonchev–Trinajstić information content (AvgIpc) is 3.35. The zero-order chi connectivity index (χ0) is 19.7. The first kappa shape index (κ1) is 18.9. The minimum atomic E-state index is -0.410. The van der Waals surface area contributed by atoms with Gasteiger partial charge in [-0.1, -0.05) is 5.16 Å². The molecule has 0 saturated carbocycles. The fraction of sp³-hybridized carbons (Fsp3) is 0.550.